The quantitative estimate of drug-likeness (QED) is 0.747. The van der Waals surface area contributed by atoms with E-state index in [1.54, 1.807) is 18.2 Å². The molecule has 0 heterocycles. The molecule has 0 atom stereocenters. The van der Waals surface area contributed by atoms with E-state index in [1.165, 1.54) is 0 Å². The van der Waals surface area contributed by atoms with Gasteiger partial charge in [-0.3, -0.25) is 0 Å². The Labute approximate surface area is 134 Å². The number of aromatic carboxylic acids is 1. The highest BCUT2D eigenvalue weighted by molar-refractivity contribution is 5.89. The van der Waals surface area contributed by atoms with E-state index in [2.05, 4.69) is 0 Å². The molecule has 3 nitrogen and oxygen atoms in total. The van der Waals surface area contributed by atoms with Crippen LogP contribution in [0.4, 0.5) is 0 Å². The van der Waals surface area contributed by atoms with Crippen molar-refractivity contribution >= 4 is 5.97 Å². The predicted molar refractivity (Wildman–Crippen MR) is 89.6 cm³/mol. The molecule has 0 amide bonds. The monoisotopic (exact) mass is 304 g/mol. The van der Waals surface area contributed by atoms with Gasteiger partial charge >= 0.3 is 5.97 Å². The second kappa shape index (κ2) is 6.79. The van der Waals surface area contributed by atoms with Crippen molar-refractivity contribution in [2.75, 3.05) is 0 Å². The Hall–Kier alpha value is -3.07. The van der Waals surface area contributed by atoms with Crippen molar-refractivity contribution < 1.29 is 14.6 Å². The van der Waals surface area contributed by atoms with Gasteiger partial charge in [0.15, 0.2) is 0 Å². The van der Waals surface area contributed by atoms with E-state index in [9.17, 15) is 4.79 Å². The topological polar surface area (TPSA) is 46.5 Å². The molecular weight excluding hydrogens is 288 g/mol. The highest BCUT2D eigenvalue weighted by Gasteiger charge is 2.09. The molecule has 0 radical (unpaired) electrons. The summed E-state index contributed by atoms with van der Waals surface area (Å²) in [5.41, 5.74) is 3.06. The number of benzene rings is 3. The van der Waals surface area contributed by atoms with E-state index < -0.39 is 5.97 Å². The molecule has 0 spiro atoms. The number of rotatable bonds is 5. The van der Waals surface area contributed by atoms with Gasteiger partial charge in [0.05, 0.1) is 5.56 Å². The molecule has 1 N–H and O–H groups in total. The number of carboxylic acid groups (broad SMARTS) is 1. The van der Waals surface area contributed by atoms with E-state index in [0.29, 0.717) is 6.61 Å². The van der Waals surface area contributed by atoms with Crippen molar-refractivity contribution in [3.63, 3.8) is 0 Å². The lowest BCUT2D eigenvalue weighted by atomic mass is 10.0. The summed E-state index contributed by atoms with van der Waals surface area (Å²) in [6, 6.07) is 24.4. The Kier molecular flexibility index (Phi) is 4.39. The van der Waals surface area contributed by atoms with Crippen molar-refractivity contribution in [2.45, 2.75) is 6.61 Å². The molecule has 0 aliphatic rings. The summed E-state index contributed by atoms with van der Waals surface area (Å²) in [5, 5.41) is 9.15. The summed E-state index contributed by atoms with van der Waals surface area (Å²) in [4.78, 5) is 11.1. The summed E-state index contributed by atoms with van der Waals surface area (Å²) in [5.74, 6) is -0.201. The Bertz CT molecular complexity index is 810. The third-order valence-corrected chi connectivity index (χ3v) is 3.54. The zero-order chi connectivity index (χ0) is 16.1. The Morgan fingerprint density at radius 1 is 0.870 bits per heavy atom. The van der Waals surface area contributed by atoms with Crippen LogP contribution < -0.4 is 4.74 Å². The van der Waals surface area contributed by atoms with Gasteiger partial charge in [-0.05, 0) is 29.3 Å². The first-order valence-electron chi connectivity index (χ1n) is 7.33. The molecule has 23 heavy (non-hydrogen) atoms. The molecule has 0 aromatic heterocycles. The van der Waals surface area contributed by atoms with Crippen LogP contribution in [0.15, 0.2) is 78.9 Å². The lowest BCUT2D eigenvalue weighted by Gasteiger charge is -2.12. The molecule has 3 aromatic rings. The average molecular weight is 304 g/mol. The standard InChI is InChI=1S/C20H16O3/c21-20(22)17-10-6-9-16(13-17)18-11-4-5-12-19(18)23-14-15-7-2-1-3-8-15/h1-13H,14H2,(H,21,22). The van der Waals surface area contributed by atoms with Crippen molar-refractivity contribution in [3.05, 3.63) is 90.0 Å². The number of carbonyl (C=O) groups is 1. The third kappa shape index (κ3) is 3.58. The summed E-state index contributed by atoms with van der Waals surface area (Å²) >= 11 is 0. The maximum atomic E-state index is 11.1. The van der Waals surface area contributed by atoms with Crippen LogP contribution in [-0.4, -0.2) is 11.1 Å². The molecule has 0 fully saturated rings. The van der Waals surface area contributed by atoms with Gasteiger partial charge in [-0.25, -0.2) is 4.79 Å². The second-order valence-electron chi connectivity index (χ2n) is 5.16. The van der Waals surface area contributed by atoms with Crippen LogP contribution in [0.2, 0.25) is 0 Å². The normalized spacial score (nSPS) is 10.3. The van der Waals surface area contributed by atoms with Crippen molar-refractivity contribution in [3.8, 4) is 16.9 Å². The summed E-state index contributed by atoms with van der Waals surface area (Å²) < 4.78 is 5.93. The molecule has 0 saturated heterocycles. The van der Waals surface area contributed by atoms with E-state index >= 15 is 0 Å². The molecule has 3 rings (SSSR count). The molecule has 114 valence electrons. The Morgan fingerprint density at radius 3 is 2.39 bits per heavy atom. The van der Waals surface area contributed by atoms with Gasteiger partial charge in [-0.1, -0.05) is 60.7 Å². The molecule has 0 aliphatic heterocycles. The highest BCUT2D eigenvalue weighted by atomic mass is 16.5. The van der Waals surface area contributed by atoms with Crippen molar-refractivity contribution in [1.82, 2.24) is 0 Å². The largest absolute Gasteiger partial charge is 0.488 e. The first kappa shape index (κ1) is 14.9. The fraction of sp³-hybridized carbons (Fsp3) is 0.0500. The van der Waals surface area contributed by atoms with Gasteiger partial charge in [0.2, 0.25) is 0 Å². The Balaban J connectivity index is 1.89. The fourth-order valence-electron chi connectivity index (χ4n) is 2.39. The first-order valence-corrected chi connectivity index (χ1v) is 7.33. The minimum Gasteiger partial charge on any atom is -0.488 e. The van der Waals surface area contributed by atoms with E-state index in [0.717, 1.165) is 22.4 Å². The summed E-state index contributed by atoms with van der Waals surface area (Å²) in [7, 11) is 0. The van der Waals surface area contributed by atoms with E-state index in [-0.39, 0.29) is 5.56 Å². The van der Waals surface area contributed by atoms with Crippen molar-refractivity contribution in [2.24, 2.45) is 0 Å². The molecule has 0 unspecified atom stereocenters. The number of hydrogen-bond acceptors (Lipinski definition) is 2. The minimum atomic E-state index is -0.936. The van der Waals surface area contributed by atoms with E-state index in [1.807, 2.05) is 60.7 Å². The van der Waals surface area contributed by atoms with Gasteiger partial charge in [-0.2, -0.15) is 0 Å². The maximum Gasteiger partial charge on any atom is 0.335 e. The maximum absolute atomic E-state index is 11.1. The van der Waals surface area contributed by atoms with Crippen LogP contribution in [0.1, 0.15) is 15.9 Å². The molecule has 3 heteroatoms. The summed E-state index contributed by atoms with van der Waals surface area (Å²) in [6.07, 6.45) is 0. The Morgan fingerprint density at radius 2 is 1.61 bits per heavy atom. The lowest BCUT2D eigenvalue weighted by Crippen LogP contribution is -1.98. The molecule has 0 bridgehead atoms. The zero-order valence-corrected chi connectivity index (χ0v) is 12.5. The smallest absolute Gasteiger partial charge is 0.335 e. The molecule has 0 saturated carbocycles. The van der Waals surface area contributed by atoms with Gasteiger partial charge in [0, 0.05) is 5.56 Å². The van der Waals surface area contributed by atoms with Crippen LogP contribution in [0.5, 0.6) is 5.75 Å². The molecule has 3 aromatic carbocycles. The van der Waals surface area contributed by atoms with Crippen LogP contribution >= 0.6 is 0 Å². The van der Waals surface area contributed by atoms with Gasteiger partial charge in [0.25, 0.3) is 0 Å². The van der Waals surface area contributed by atoms with Crippen LogP contribution in [0.3, 0.4) is 0 Å². The number of hydrogen-bond donors (Lipinski definition) is 1. The van der Waals surface area contributed by atoms with Gasteiger partial charge in [-0.15, -0.1) is 0 Å². The van der Waals surface area contributed by atoms with Gasteiger partial charge < -0.3 is 9.84 Å². The van der Waals surface area contributed by atoms with Gasteiger partial charge in [0.1, 0.15) is 12.4 Å². The summed E-state index contributed by atoms with van der Waals surface area (Å²) in [6.45, 7) is 0.469. The SMILES string of the molecule is O=C(O)c1cccc(-c2ccccc2OCc2ccccc2)c1. The van der Waals surface area contributed by atoms with Crippen molar-refractivity contribution in [1.29, 1.82) is 0 Å². The van der Waals surface area contributed by atoms with Crippen LogP contribution in [-0.2, 0) is 6.61 Å². The predicted octanol–water partition coefficient (Wildman–Crippen LogP) is 4.63. The number of para-hydroxylation sites is 1. The van der Waals surface area contributed by atoms with Crippen LogP contribution in [0, 0.1) is 0 Å². The second-order valence-corrected chi connectivity index (χ2v) is 5.16. The van der Waals surface area contributed by atoms with Crippen LogP contribution in [0.25, 0.3) is 11.1 Å². The average Bonchev–Trinajstić information content (AvgIpc) is 2.61. The third-order valence-electron chi connectivity index (χ3n) is 3.54. The fourth-order valence-corrected chi connectivity index (χ4v) is 2.39. The molecular formula is C20H16O3. The van der Waals surface area contributed by atoms with E-state index in [4.69, 9.17) is 9.84 Å². The lowest BCUT2D eigenvalue weighted by molar-refractivity contribution is 0.0697. The first-order chi connectivity index (χ1) is 11.2. The molecule has 0 aliphatic carbocycles. The minimum absolute atomic E-state index is 0.264. The zero-order valence-electron chi connectivity index (χ0n) is 12.5. The highest BCUT2D eigenvalue weighted by Crippen LogP contribution is 2.30. The number of ether oxygens (including phenoxy) is 1. The number of carboxylic acids is 1.